The van der Waals surface area contributed by atoms with Gasteiger partial charge in [0.2, 0.25) is 0 Å². The fraction of sp³-hybridized carbons (Fsp3) is 1.00. The second-order valence-electron chi connectivity index (χ2n) is 1.68. The summed E-state index contributed by atoms with van der Waals surface area (Å²) in [5, 5.41) is 0. The molecule has 0 aliphatic heterocycles. The van der Waals surface area contributed by atoms with Gasteiger partial charge < -0.3 is 9.79 Å². The largest absolute Gasteiger partial charge is 0.469 e. The van der Waals surface area contributed by atoms with Crippen molar-refractivity contribution in [2.24, 2.45) is 0 Å². The smallest absolute Gasteiger partial charge is 0.303 e. The zero-order valence-electron chi connectivity index (χ0n) is 5.60. The van der Waals surface area contributed by atoms with Crippen molar-refractivity contribution < 1.29 is 35.4 Å². The molecule has 0 saturated carbocycles. The standard InChI is InChI=1S/C4H11O4P.Ni/c1-2-3-4-8-9(5,6)7;/h2-4H2,1H3,(H2,5,6,7);. The molecule has 0 aromatic heterocycles. The van der Waals surface area contributed by atoms with Crippen LogP contribution in [0.1, 0.15) is 19.8 Å². The Balaban J connectivity index is 0. The molecule has 6 heteroatoms. The summed E-state index contributed by atoms with van der Waals surface area (Å²) < 4.78 is 14.1. The number of hydrogen-bond acceptors (Lipinski definition) is 2. The van der Waals surface area contributed by atoms with E-state index in [0.717, 1.165) is 6.42 Å². The van der Waals surface area contributed by atoms with Crippen molar-refractivity contribution in [2.75, 3.05) is 6.61 Å². The number of phosphoric ester groups is 1. The molecule has 2 N–H and O–H groups in total. The molecule has 0 aromatic rings. The number of hydrogen-bond donors (Lipinski definition) is 2. The van der Waals surface area contributed by atoms with Crippen LogP contribution in [0, 0.1) is 0 Å². The van der Waals surface area contributed by atoms with Crippen LogP contribution in [-0.4, -0.2) is 16.4 Å². The number of unbranched alkanes of at least 4 members (excludes halogenated alkanes) is 1. The Hall–Kier alpha value is 0.604. The Labute approximate surface area is 70.1 Å². The van der Waals surface area contributed by atoms with Gasteiger partial charge in [-0.1, -0.05) is 13.3 Å². The monoisotopic (exact) mass is 212 g/mol. The molecule has 0 unspecified atom stereocenters. The Morgan fingerprint density at radius 3 is 2.30 bits per heavy atom. The molecule has 0 aromatic carbocycles. The van der Waals surface area contributed by atoms with E-state index in [1.54, 1.807) is 0 Å². The van der Waals surface area contributed by atoms with Crippen LogP contribution in [0.3, 0.4) is 0 Å². The SMILES string of the molecule is CCCCOP(=O)(O)O.[Ni]. The molecule has 0 radical (unpaired) electrons. The van der Waals surface area contributed by atoms with E-state index in [-0.39, 0.29) is 23.1 Å². The van der Waals surface area contributed by atoms with Gasteiger partial charge >= 0.3 is 7.82 Å². The first kappa shape index (κ1) is 13.2. The average Bonchev–Trinajstić information content (AvgIpc) is 1.63. The molecule has 4 nitrogen and oxygen atoms in total. The molecule has 10 heavy (non-hydrogen) atoms. The molecule has 0 heterocycles. The minimum absolute atomic E-state index is 0. The molecule has 0 rings (SSSR count). The summed E-state index contributed by atoms with van der Waals surface area (Å²) in [6.07, 6.45) is 1.56. The summed E-state index contributed by atoms with van der Waals surface area (Å²) in [6.45, 7) is 2.06. The van der Waals surface area contributed by atoms with Crippen LogP contribution in [0.2, 0.25) is 0 Å². The first-order chi connectivity index (χ1) is 4.06. The van der Waals surface area contributed by atoms with Gasteiger partial charge in [-0.15, -0.1) is 0 Å². The van der Waals surface area contributed by atoms with Gasteiger partial charge in [-0.05, 0) is 6.42 Å². The molecule has 0 saturated heterocycles. The van der Waals surface area contributed by atoms with Crippen LogP contribution in [0.25, 0.3) is 0 Å². The maximum Gasteiger partial charge on any atom is 0.469 e. The first-order valence-corrected chi connectivity index (χ1v) is 4.29. The van der Waals surface area contributed by atoms with Gasteiger partial charge in [-0.2, -0.15) is 0 Å². The molecular weight excluding hydrogens is 202 g/mol. The second kappa shape index (κ2) is 6.32. The van der Waals surface area contributed by atoms with Crippen molar-refractivity contribution >= 4 is 7.82 Å². The van der Waals surface area contributed by atoms with Crippen LogP contribution in [0.5, 0.6) is 0 Å². The van der Waals surface area contributed by atoms with Crippen LogP contribution in [-0.2, 0) is 25.6 Å². The van der Waals surface area contributed by atoms with E-state index in [4.69, 9.17) is 9.79 Å². The van der Waals surface area contributed by atoms with E-state index in [2.05, 4.69) is 4.52 Å². The fourth-order valence-electron chi connectivity index (χ4n) is 0.328. The summed E-state index contributed by atoms with van der Waals surface area (Å²) in [7, 11) is -4.20. The third-order valence-corrected chi connectivity index (χ3v) is 1.28. The van der Waals surface area contributed by atoms with Crippen LogP contribution in [0.4, 0.5) is 0 Å². The van der Waals surface area contributed by atoms with E-state index in [9.17, 15) is 4.57 Å². The molecule has 0 amide bonds. The van der Waals surface area contributed by atoms with Gasteiger partial charge in [0.1, 0.15) is 0 Å². The zero-order chi connectivity index (χ0) is 7.33. The van der Waals surface area contributed by atoms with Crippen molar-refractivity contribution in [3.63, 3.8) is 0 Å². The van der Waals surface area contributed by atoms with Crippen molar-refractivity contribution in [3.8, 4) is 0 Å². The van der Waals surface area contributed by atoms with Crippen molar-refractivity contribution in [1.82, 2.24) is 0 Å². The molecule has 0 spiro atoms. The summed E-state index contributed by atoms with van der Waals surface area (Å²) in [5.41, 5.74) is 0. The van der Waals surface area contributed by atoms with E-state index in [1.807, 2.05) is 6.92 Å². The summed E-state index contributed by atoms with van der Waals surface area (Å²) in [5.74, 6) is 0. The van der Waals surface area contributed by atoms with Crippen molar-refractivity contribution in [3.05, 3.63) is 0 Å². The topological polar surface area (TPSA) is 66.8 Å². The maximum absolute atomic E-state index is 9.98. The average molecular weight is 213 g/mol. The number of rotatable bonds is 4. The van der Waals surface area contributed by atoms with E-state index < -0.39 is 7.82 Å². The molecule has 0 fully saturated rings. The Morgan fingerprint density at radius 1 is 1.50 bits per heavy atom. The zero-order valence-corrected chi connectivity index (χ0v) is 7.48. The van der Waals surface area contributed by atoms with Crippen LogP contribution < -0.4 is 0 Å². The molecule has 0 atom stereocenters. The second-order valence-corrected chi connectivity index (χ2v) is 2.92. The number of phosphoric acid groups is 1. The first-order valence-electron chi connectivity index (χ1n) is 2.76. The predicted octanol–water partition coefficient (Wildman–Crippen LogP) is 0.893. The minimum Gasteiger partial charge on any atom is -0.303 e. The van der Waals surface area contributed by atoms with Gasteiger partial charge in [0.25, 0.3) is 0 Å². The van der Waals surface area contributed by atoms with E-state index in [0.29, 0.717) is 6.42 Å². The van der Waals surface area contributed by atoms with E-state index in [1.165, 1.54) is 0 Å². The molecule has 0 aliphatic carbocycles. The van der Waals surface area contributed by atoms with Gasteiger partial charge in [0.05, 0.1) is 6.61 Å². The van der Waals surface area contributed by atoms with E-state index >= 15 is 0 Å². The molecular formula is C4H11NiO4P. The third kappa shape index (κ3) is 11.4. The Bertz CT molecular complexity index is 112. The van der Waals surface area contributed by atoms with Gasteiger partial charge in [0, 0.05) is 16.5 Å². The Kier molecular flexibility index (Phi) is 8.35. The van der Waals surface area contributed by atoms with Gasteiger partial charge in [0.15, 0.2) is 0 Å². The third-order valence-electron chi connectivity index (χ3n) is 0.757. The summed E-state index contributed by atoms with van der Waals surface area (Å²) in [6, 6.07) is 0. The van der Waals surface area contributed by atoms with Gasteiger partial charge in [-0.25, -0.2) is 4.57 Å². The maximum atomic E-state index is 9.98. The normalized spacial score (nSPS) is 10.7. The van der Waals surface area contributed by atoms with Crippen molar-refractivity contribution in [2.45, 2.75) is 19.8 Å². The summed E-state index contributed by atoms with van der Waals surface area (Å²) >= 11 is 0. The van der Waals surface area contributed by atoms with Crippen molar-refractivity contribution in [1.29, 1.82) is 0 Å². The fourth-order valence-corrected chi connectivity index (χ4v) is 0.695. The Morgan fingerprint density at radius 2 is 2.00 bits per heavy atom. The summed E-state index contributed by atoms with van der Waals surface area (Å²) in [4.78, 5) is 16.3. The van der Waals surface area contributed by atoms with Crippen LogP contribution in [0.15, 0.2) is 0 Å². The minimum atomic E-state index is -4.20. The molecule has 0 aliphatic rings. The molecule has 66 valence electrons. The molecule has 0 bridgehead atoms. The van der Waals surface area contributed by atoms with Gasteiger partial charge in [-0.3, -0.25) is 4.52 Å². The van der Waals surface area contributed by atoms with Crippen LogP contribution >= 0.6 is 7.82 Å². The quantitative estimate of drug-likeness (QED) is 0.413. The predicted molar refractivity (Wildman–Crippen MR) is 32.9 cm³/mol.